The molecule has 19 heavy (non-hydrogen) atoms. The van der Waals surface area contributed by atoms with Crippen LogP contribution in [0.1, 0.15) is 19.2 Å². The standard InChI is InChI=1S/C12H12N6O/c1-2-11-15-17-18(16-11)10-5-3-9(4-6-10)14-12(19)7-8-13/h3-6H,2,7H2,1H3,(H,14,19). The molecular formula is C12H12N6O. The summed E-state index contributed by atoms with van der Waals surface area (Å²) in [6.45, 7) is 1.95. The van der Waals surface area contributed by atoms with Gasteiger partial charge in [-0.25, -0.2) is 0 Å². The summed E-state index contributed by atoms with van der Waals surface area (Å²) in [5.74, 6) is 0.341. The van der Waals surface area contributed by atoms with Gasteiger partial charge in [-0.3, -0.25) is 4.79 Å². The maximum Gasteiger partial charge on any atom is 0.238 e. The number of rotatable bonds is 4. The molecule has 7 heteroatoms. The number of amides is 1. The first-order valence-electron chi connectivity index (χ1n) is 5.79. The van der Waals surface area contributed by atoms with Gasteiger partial charge in [-0.05, 0) is 29.5 Å². The summed E-state index contributed by atoms with van der Waals surface area (Å²) in [7, 11) is 0. The minimum absolute atomic E-state index is 0.160. The van der Waals surface area contributed by atoms with E-state index in [-0.39, 0.29) is 12.3 Å². The zero-order valence-electron chi connectivity index (χ0n) is 10.4. The molecule has 7 nitrogen and oxygen atoms in total. The average Bonchev–Trinajstić information content (AvgIpc) is 2.88. The predicted octanol–water partition coefficient (Wildman–Crippen LogP) is 1.08. The van der Waals surface area contributed by atoms with Gasteiger partial charge in [0.05, 0.1) is 11.8 Å². The number of anilines is 1. The second-order valence-corrected chi connectivity index (χ2v) is 3.78. The third kappa shape index (κ3) is 3.13. The number of carbonyl (C=O) groups is 1. The van der Waals surface area contributed by atoms with E-state index in [1.165, 1.54) is 4.80 Å². The predicted molar refractivity (Wildman–Crippen MR) is 67.4 cm³/mol. The fourth-order valence-electron chi connectivity index (χ4n) is 1.45. The Morgan fingerprint density at radius 2 is 2.16 bits per heavy atom. The van der Waals surface area contributed by atoms with Crippen LogP contribution in [0.2, 0.25) is 0 Å². The van der Waals surface area contributed by atoms with Crippen molar-refractivity contribution in [3.63, 3.8) is 0 Å². The van der Waals surface area contributed by atoms with Crippen LogP contribution in [0.3, 0.4) is 0 Å². The van der Waals surface area contributed by atoms with Crippen molar-refractivity contribution in [2.24, 2.45) is 0 Å². The molecule has 0 fully saturated rings. The first-order chi connectivity index (χ1) is 9.22. The summed E-state index contributed by atoms with van der Waals surface area (Å²) in [6, 6.07) is 8.77. The van der Waals surface area contributed by atoms with E-state index in [0.717, 1.165) is 12.1 Å². The first-order valence-corrected chi connectivity index (χ1v) is 5.79. The lowest BCUT2D eigenvalue weighted by atomic mass is 10.3. The number of tetrazole rings is 1. The lowest BCUT2D eigenvalue weighted by Crippen LogP contribution is -2.10. The molecule has 1 aromatic carbocycles. The van der Waals surface area contributed by atoms with Crippen molar-refractivity contribution in [1.82, 2.24) is 20.2 Å². The Morgan fingerprint density at radius 3 is 2.74 bits per heavy atom. The van der Waals surface area contributed by atoms with Crippen molar-refractivity contribution in [2.45, 2.75) is 19.8 Å². The van der Waals surface area contributed by atoms with E-state index < -0.39 is 0 Å². The Labute approximate surface area is 109 Å². The summed E-state index contributed by atoms with van der Waals surface area (Å²) in [5, 5.41) is 23.0. The summed E-state index contributed by atoms with van der Waals surface area (Å²) in [4.78, 5) is 12.7. The molecule has 0 aliphatic carbocycles. The molecule has 2 rings (SSSR count). The number of aryl methyl sites for hydroxylation is 1. The third-order valence-electron chi connectivity index (χ3n) is 2.39. The molecule has 0 radical (unpaired) electrons. The van der Waals surface area contributed by atoms with Crippen molar-refractivity contribution < 1.29 is 4.79 Å². The lowest BCUT2D eigenvalue weighted by Gasteiger charge is -2.03. The molecule has 0 aliphatic rings. The molecule has 96 valence electrons. The van der Waals surface area contributed by atoms with Crippen molar-refractivity contribution in [1.29, 1.82) is 5.26 Å². The number of nitriles is 1. The van der Waals surface area contributed by atoms with Crippen molar-refractivity contribution in [3.8, 4) is 11.8 Å². The quantitative estimate of drug-likeness (QED) is 0.882. The van der Waals surface area contributed by atoms with Gasteiger partial charge in [-0.2, -0.15) is 5.26 Å². The Balaban J connectivity index is 2.10. The first kappa shape index (κ1) is 12.7. The molecular weight excluding hydrogens is 244 g/mol. The van der Waals surface area contributed by atoms with Gasteiger partial charge in [0.25, 0.3) is 0 Å². The molecule has 1 aromatic heterocycles. The topological polar surface area (TPSA) is 96.5 Å². The molecule has 0 spiro atoms. The maximum atomic E-state index is 11.2. The highest BCUT2D eigenvalue weighted by atomic mass is 16.1. The van der Waals surface area contributed by atoms with Crippen LogP contribution in [0.5, 0.6) is 0 Å². The van der Waals surface area contributed by atoms with E-state index >= 15 is 0 Å². The van der Waals surface area contributed by atoms with Gasteiger partial charge in [0.1, 0.15) is 6.42 Å². The number of hydrogen-bond acceptors (Lipinski definition) is 5. The van der Waals surface area contributed by atoms with Crippen LogP contribution in [0.4, 0.5) is 5.69 Å². The van der Waals surface area contributed by atoms with E-state index in [0.29, 0.717) is 11.5 Å². The molecule has 0 aliphatic heterocycles. The van der Waals surface area contributed by atoms with Crippen molar-refractivity contribution >= 4 is 11.6 Å². The molecule has 1 N–H and O–H groups in total. The van der Waals surface area contributed by atoms with Gasteiger partial charge >= 0.3 is 0 Å². The highest BCUT2D eigenvalue weighted by Crippen LogP contribution is 2.12. The molecule has 0 saturated carbocycles. The number of carbonyl (C=O) groups excluding carboxylic acids is 1. The molecule has 0 bridgehead atoms. The second kappa shape index (κ2) is 5.73. The highest BCUT2D eigenvalue weighted by molar-refractivity contribution is 5.92. The van der Waals surface area contributed by atoms with Crippen LogP contribution < -0.4 is 5.32 Å². The molecule has 0 saturated heterocycles. The summed E-state index contributed by atoms with van der Waals surface area (Å²) >= 11 is 0. The smallest absolute Gasteiger partial charge is 0.238 e. The van der Waals surface area contributed by atoms with Crippen LogP contribution in [0, 0.1) is 11.3 Å². The van der Waals surface area contributed by atoms with Gasteiger partial charge in [0.15, 0.2) is 5.82 Å². The minimum Gasteiger partial charge on any atom is -0.325 e. The average molecular weight is 256 g/mol. The number of hydrogen-bond donors (Lipinski definition) is 1. The van der Waals surface area contributed by atoms with Crippen molar-refractivity contribution in [3.05, 3.63) is 30.1 Å². The molecule has 2 aromatic rings. The normalized spacial score (nSPS) is 9.89. The Kier molecular flexibility index (Phi) is 3.83. The van der Waals surface area contributed by atoms with Gasteiger partial charge in [0, 0.05) is 12.1 Å². The summed E-state index contributed by atoms with van der Waals surface area (Å²) < 4.78 is 0. The molecule has 1 heterocycles. The fraction of sp³-hybridized carbons (Fsp3) is 0.250. The van der Waals surface area contributed by atoms with Gasteiger partial charge in [-0.1, -0.05) is 6.92 Å². The lowest BCUT2D eigenvalue weighted by molar-refractivity contribution is -0.115. The highest BCUT2D eigenvalue weighted by Gasteiger charge is 2.04. The largest absolute Gasteiger partial charge is 0.325 e. The van der Waals surface area contributed by atoms with Gasteiger partial charge in [-0.15, -0.1) is 15.0 Å². The number of aromatic nitrogens is 4. The SMILES string of the molecule is CCc1nnn(-c2ccc(NC(=O)CC#N)cc2)n1. The summed E-state index contributed by atoms with van der Waals surface area (Å²) in [5.41, 5.74) is 1.38. The van der Waals surface area contributed by atoms with Gasteiger partial charge in [0.2, 0.25) is 5.91 Å². The van der Waals surface area contributed by atoms with Crippen LogP contribution in [-0.2, 0) is 11.2 Å². The van der Waals surface area contributed by atoms with Crippen molar-refractivity contribution in [2.75, 3.05) is 5.32 Å². The number of nitrogens with zero attached hydrogens (tertiary/aromatic N) is 5. The summed E-state index contributed by atoms with van der Waals surface area (Å²) in [6.07, 6.45) is 0.564. The Morgan fingerprint density at radius 1 is 1.42 bits per heavy atom. The fourth-order valence-corrected chi connectivity index (χ4v) is 1.45. The van der Waals surface area contributed by atoms with Gasteiger partial charge < -0.3 is 5.32 Å². The molecule has 0 unspecified atom stereocenters. The van der Waals surface area contributed by atoms with E-state index in [1.54, 1.807) is 30.3 Å². The van der Waals surface area contributed by atoms with Crippen LogP contribution >= 0.6 is 0 Å². The minimum atomic E-state index is -0.331. The van der Waals surface area contributed by atoms with E-state index in [1.807, 2.05) is 6.92 Å². The zero-order valence-corrected chi connectivity index (χ0v) is 10.4. The Hall–Kier alpha value is -2.75. The monoisotopic (exact) mass is 256 g/mol. The second-order valence-electron chi connectivity index (χ2n) is 3.78. The zero-order chi connectivity index (χ0) is 13.7. The number of benzene rings is 1. The van der Waals surface area contributed by atoms with E-state index in [9.17, 15) is 4.79 Å². The van der Waals surface area contributed by atoms with Crippen LogP contribution in [-0.4, -0.2) is 26.1 Å². The third-order valence-corrected chi connectivity index (χ3v) is 2.39. The molecule has 1 amide bonds. The number of nitrogens with one attached hydrogen (secondary N) is 1. The maximum absolute atomic E-state index is 11.2. The van der Waals surface area contributed by atoms with Crippen LogP contribution in [0.15, 0.2) is 24.3 Å². The Bertz CT molecular complexity index is 610. The van der Waals surface area contributed by atoms with E-state index in [4.69, 9.17) is 5.26 Å². The van der Waals surface area contributed by atoms with E-state index in [2.05, 4.69) is 20.7 Å². The molecule has 0 atom stereocenters. The van der Waals surface area contributed by atoms with Crippen LogP contribution in [0.25, 0.3) is 5.69 Å².